The number of carbonyl (C=O) groups is 2. The van der Waals surface area contributed by atoms with Crippen molar-refractivity contribution < 1.29 is 18.7 Å². The number of hydrogen-bond acceptors (Lipinski definition) is 7. The Morgan fingerprint density at radius 2 is 1.78 bits per heavy atom. The fraction of sp³-hybridized carbons (Fsp3) is 0.158. The quantitative estimate of drug-likeness (QED) is 0.491. The van der Waals surface area contributed by atoms with Crippen LogP contribution in [0.1, 0.15) is 17.3 Å². The average molecular weight is 383 g/mol. The Kier molecular flexibility index (Phi) is 5.87. The van der Waals surface area contributed by atoms with Crippen LogP contribution < -0.4 is 10.1 Å². The number of rotatable bonds is 7. The number of nitrogens with one attached hydrogen (secondary N) is 1. The number of ketones is 1. The second kappa shape index (κ2) is 8.50. The summed E-state index contributed by atoms with van der Waals surface area (Å²) < 4.78 is 10.7. The summed E-state index contributed by atoms with van der Waals surface area (Å²) in [4.78, 5) is 23.3. The van der Waals surface area contributed by atoms with Crippen molar-refractivity contribution in [2.45, 2.75) is 12.1 Å². The van der Waals surface area contributed by atoms with E-state index < -0.39 is 0 Å². The predicted octanol–water partition coefficient (Wildman–Crippen LogP) is 3.68. The Balaban J connectivity index is 1.54. The molecule has 0 spiro atoms. The standard InChI is InChI=1S/C19H17N3O4S/c1-12(23)13-3-7-15(8-4-13)20-17(24)11-27-19-22-21-18(26-19)14-5-9-16(25-2)10-6-14/h3-10H,11H2,1-2H3,(H,20,24). The summed E-state index contributed by atoms with van der Waals surface area (Å²) >= 11 is 1.15. The summed E-state index contributed by atoms with van der Waals surface area (Å²) in [5, 5.41) is 11.0. The number of nitrogens with zero attached hydrogens (tertiary/aromatic N) is 2. The Hall–Kier alpha value is -3.13. The Bertz CT molecular complexity index is 936. The number of benzene rings is 2. The second-order valence-electron chi connectivity index (χ2n) is 5.57. The highest BCUT2D eigenvalue weighted by atomic mass is 32.2. The van der Waals surface area contributed by atoms with Gasteiger partial charge in [0.25, 0.3) is 5.22 Å². The van der Waals surface area contributed by atoms with E-state index in [0.717, 1.165) is 23.1 Å². The molecule has 3 rings (SSSR count). The summed E-state index contributed by atoms with van der Waals surface area (Å²) in [5.74, 6) is 1.01. The van der Waals surface area contributed by atoms with Crippen LogP contribution in [-0.2, 0) is 4.79 Å². The predicted molar refractivity (Wildman–Crippen MR) is 102 cm³/mol. The van der Waals surface area contributed by atoms with Crippen LogP contribution in [0.5, 0.6) is 5.75 Å². The highest BCUT2D eigenvalue weighted by Gasteiger charge is 2.12. The molecule has 7 nitrogen and oxygen atoms in total. The lowest BCUT2D eigenvalue weighted by molar-refractivity contribution is -0.113. The first-order valence-electron chi connectivity index (χ1n) is 8.07. The molecule has 3 aromatic rings. The molecule has 1 heterocycles. The summed E-state index contributed by atoms with van der Waals surface area (Å²) in [6.45, 7) is 1.49. The first-order chi connectivity index (χ1) is 13.0. The van der Waals surface area contributed by atoms with E-state index in [1.165, 1.54) is 6.92 Å². The summed E-state index contributed by atoms with van der Waals surface area (Å²) in [6.07, 6.45) is 0. The molecule has 1 amide bonds. The summed E-state index contributed by atoms with van der Waals surface area (Å²) in [5.41, 5.74) is 1.99. The van der Waals surface area contributed by atoms with Gasteiger partial charge in [0.05, 0.1) is 12.9 Å². The van der Waals surface area contributed by atoms with Crippen LogP contribution in [0.15, 0.2) is 58.2 Å². The Morgan fingerprint density at radius 3 is 2.41 bits per heavy atom. The zero-order chi connectivity index (χ0) is 19.2. The van der Waals surface area contributed by atoms with Gasteiger partial charge in [0, 0.05) is 16.8 Å². The number of amides is 1. The van der Waals surface area contributed by atoms with E-state index in [1.54, 1.807) is 43.5 Å². The minimum atomic E-state index is -0.209. The summed E-state index contributed by atoms with van der Waals surface area (Å²) in [6, 6.07) is 14.0. The molecule has 0 aliphatic carbocycles. The molecule has 0 atom stereocenters. The third-order valence-electron chi connectivity index (χ3n) is 3.65. The monoisotopic (exact) mass is 383 g/mol. The number of methoxy groups -OCH3 is 1. The van der Waals surface area contributed by atoms with Crippen molar-refractivity contribution in [1.29, 1.82) is 0 Å². The third-order valence-corrected chi connectivity index (χ3v) is 4.46. The molecule has 0 aliphatic rings. The van der Waals surface area contributed by atoms with Gasteiger partial charge in [0.2, 0.25) is 11.8 Å². The van der Waals surface area contributed by atoms with E-state index in [-0.39, 0.29) is 17.4 Å². The van der Waals surface area contributed by atoms with Gasteiger partial charge in [-0.2, -0.15) is 0 Å². The van der Waals surface area contributed by atoms with Gasteiger partial charge in [-0.25, -0.2) is 0 Å². The maximum atomic E-state index is 12.0. The van der Waals surface area contributed by atoms with Crippen molar-refractivity contribution in [2.24, 2.45) is 0 Å². The van der Waals surface area contributed by atoms with Gasteiger partial charge in [-0.3, -0.25) is 9.59 Å². The number of aromatic nitrogens is 2. The van der Waals surface area contributed by atoms with Crippen LogP contribution in [0.25, 0.3) is 11.5 Å². The molecule has 1 N–H and O–H groups in total. The minimum Gasteiger partial charge on any atom is -0.497 e. The highest BCUT2D eigenvalue weighted by Crippen LogP contribution is 2.25. The second-order valence-corrected chi connectivity index (χ2v) is 6.50. The molecule has 1 aromatic heterocycles. The van der Waals surface area contributed by atoms with Crippen LogP contribution in [0.3, 0.4) is 0 Å². The maximum Gasteiger partial charge on any atom is 0.277 e. The lowest BCUT2D eigenvalue weighted by atomic mass is 10.1. The SMILES string of the molecule is COc1ccc(-c2nnc(SCC(=O)Nc3ccc(C(C)=O)cc3)o2)cc1. The van der Waals surface area contributed by atoms with E-state index in [1.807, 2.05) is 12.1 Å². The molecule has 0 aliphatic heterocycles. The average Bonchev–Trinajstić information content (AvgIpc) is 3.16. The van der Waals surface area contributed by atoms with E-state index in [2.05, 4.69) is 15.5 Å². The zero-order valence-corrected chi connectivity index (χ0v) is 15.6. The molecular formula is C19H17N3O4S. The molecule has 0 fully saturated rings. The Labute approximate surface area is 160 Å². The topological polar surface area (TPSA) is 94.3 Å². The van der Waals surface area contributed by atoms with Gasteiger partial charge in [0.15, 0.2) is 5.78 Å². The van der Waals surface area contributed by atoms with Crippen molar-refractivity contribution in [3.63, 3.8) is 0 Å². The minimum absolute atomic E-state index is 0.0208. The molecule has 0 unspecified atom stereocenters. The zero-order valence-electron chi connectivity index (χ0n) is 14.8. The largest absolute Gasteiger partial charge is 0.497 e. The number of hydrogen-bond donors (Lipinski definition) is 1. The van der Waals surface area contributed by atoms with Crippen LogP contribution in [0, 0.1) is 0 Å². The molecule has 0 saturated heterocycles. The Morgan fingerprint density at radius 1 is 1.07 bits per heavy atom. The lowest BCUT2D eigenvalue weighted by Crippen LogP contribution is -2.14. The fourth-order valence-corrected chi connectivity index (χ4v) is 2.79. The van der Waals surface area contributed by atoms with Gasteiger partial charge < -0.3 is 14.5 Å². The van der Waals surface area contributed by atoms with Gasteiger partial charge in [0.1, 0.15) is 5.75 Å². The van der Waals surface area contributed by atoms with E-state index in [4.69, 9.17) is 9.15 Å². The van der Waals surface area contributed by atoms with Crippen molar-refractivity contribution in [3.8, 4) is 17.2 Å². The van der Waals surface area contributed by atoms with Crippen molar-refractivity contribution >= 4 is 29.1 Å². The number of carbonyl (C=O) groups excluding carboxylic acids is 2. The van der Waals surface area contributed by atoms with Gasteiger partial charge in [-0.05, 0) is 55.5 Å². The fourth-order valence-electron chi connectivity index (χ4n) is 2.23. The molecule has 0 saturated carbocycles. The number of anilines is 1. The first-order valence-corrected chi connectivity index (χ1v) is 9.05. The lowest BCUT2D eigenvalue weighted by Gasteiger charge is -2.04. The maximum absolute atomic E-state index is 12.0. The van der Waals surface area contributed by atoms with E-state index in [9.17, 15) is 9.59 Å². The molecule has 0 bridgehead atoms. The van der Waals surface area contributed by atoms with E-state index in [0.29, 0.717) is 22.4 Å². The van der Waals surface area contributed by atoms with Crippen molar-refractivity contribution in [1.82, 2.24) is 10.2 Å². The first kappa shape index (κ1) is 18.7. The van der Waals surface area contributed by atoms with Crippen molar-refractivity contribution in [3.05, 3.63) is 54.1 Å². The van der Waals surface area contributed by atoms with Crippen LogP contribution in [-0.4, -0.2) is 34.8 Å². The number of ether oxygens (including phenoxy) is 1. The van der Waals surface area contributed by atoms with E-state index >= 15 is 0 Å². The van der Waals surface area contributed by atoms with Gasteiger partial charge in [-0.15, -0.1) is 10.2 Å². The molecule has 138 valence electrons. The molecule has 0 radical (unpaired) electrons. The molecular weight excluding hydrogens is 366 g/mol. The highest BCUT2D eigenvalue weighted by molar-refractivity contribution is 7.99. The van der Waals surface area contributed by atoms with Gasteiger partial charge >= 0.3 is 0 Å². The number of Topliss-reactive ketones (excluding diaryl/α,β-unsaturated/α-hetero) is 1. The molecule has 2 aromatic carbocycles. The normalized spacial score (nSPS) is 10.4. The van der Waals surface area contributed by atoms with Gasteiger partial charge in [-0.1, -0.05) is 11.8 Å². The number of thioether (sulfide) groups is 1. The third kappa shape index (κ3) is 4.95. The van der Waals surface area contributed by atoms with Crippen molar-refractivity contribution in [2.75, 3.05) is 18.2 Å². The smallest absolute Gasteiger partial charge is 0.277 e. The molecule has 27 heavy (non-hydrogen) atoms. The summed E-state index contributed by atoms with van der Waals surface area (Å²) in [7, 11) is 1.60. The van der Waals surface area contributed by atoms with Crippen LogP contribution in [0.4, 0.5) is 5.69 Å². The van der Waals surface area contributed by atoms with Crippen LogP contribution >= 0.6 is 11.8 Å². The van der Waals surface area contributed by atoms with Crippen LogP contribution in [0.2, 0.25) is 0 Å². The molecule has 8 heteroatoms.